The third kappa shape index (κ3) is 5.81. The molecular formula is C22H21ClN4O3. The zero-order valence-electron chi connectivity index (χ0n) is 16.0. The van der Waals surface area contributed by atoms with Gasteiger partial charge in [-0.1, -0.05) is 36.9 Å². The van der Waals surface area contributed by atoms with Crippen LogP contribution in [0.1, 0.15) is 11.1 Å². The van der Waals surface area contributed by atoms with Crippen molar-refractivity contribution in [1.82, 2.24) is 4.98 Å². The van der Waals surface area contributed by atoms with Crippen LogP contribution in [0.5, 0.6) is 0 Å². The molecule has 1 heterocycles. The molecule has 1 amide bonds. The Morgan fingerprint density at radius 3 is 2.53 bits per heavy atom. The maximum atomic E-state index is 12.4. The minimum Gasteiger partial charge on any atom is -0.397 e. The normalized spacial score (nSPS) is 11.5. The Kier molecular flexibility index (Phi) is 7.40. The molecule has 0 saturated carbocycles. The van der Waals surface area contributed by atoms with Crippen LogP contribution in [0.15, 0.2) is 79.6 Å². The summed E-state index contributed by atoms with van der Waals surface area (Å²) in [5.74, 6) is -0.532. The SMILES string of the molecule is C=C(Nc1ccccc1N)c1ccc(NC(=O)C(OCl)OCc2cccnc2)cc1. The number of pyridine rings is 1. The molecule has 8 heteroatoms. The van der Waals surface area contributed by atoms with Crippen molar-refractivity contribution in [3.8, 4) is 0 Å². The Bertz CT molecular complexity index is 997. The predicted molar refractivity (Wildman–Crippen MR) is 118 cm³/mol. The maximum Gasteiger partial charge on any atom is 0.282 e. The Morgan fingerprint density at radius 1 is 1.10 bits per heavy atom. The lowest BCUT2D eigenvalue weighted by atomic mass is 10.1. The van der Waals surface area contributed by atoms with Crippen molar-refractivity contribution >= 4 is 40.5 Å². The monoisotopic (exact) mass is 424 g/mol. The van der Waals surface area contributed by atoms with E-state index in [1.54, 1.807) is 36.7 Å². The van der Waals surface area contributed by atoms with E-state index in [-0.39, 0.29) is 6.61 Å². The molecule has 0 saturated heterocycles. The highest BCUT2D eigenvalue weighted by molar-refractivity contribution is 6.09. The van der Waals surface area contributed by atoms with Crippen LogP contribution < -0.4 is 16.4 Å². The Hall–Kier alpha value is -3.39. The number of aromatic nitrogens is 1. The van der Waals surface area contributed by atoms with E-state index in [4.69, 9.17) is 22.3 Å². The van der Waals surface area contributed by atoms with Crippen molar-refractivity contribution in [3.05, 3.63) is 90.8 Å². The lowest BCUT2D eigenvalue weighted by Gasteiger charge is -2.15. The number of hydrogen-bond acceptors (Lipinski definition) is 6. The van der Waals surface area contributed by atoms with E-state index in [2.05, 4.69) is 26.5 Å². The van der Waals surface area contributed by atoms with Gasteiger partial charge in [0.2, 0.25) is 0 Å². The van der Waals surface area contributed by atoms with E-state index in [1.165, 1.54) is 0 Å². The first kappa shape index (κ1) is 21.3. The number of hydrogen-bond donors (Lipinski definition) is 3. The van der Waals surface area contributed by atoms with Gasteiger partial charge in [-0.2, -0.15) is 0 Å². The third-order valence-electron chi connectivity index (χ3n) is 4.17. The van der Waals surface area contributed by atoms with Gasteiger partial charge in [-0.25, -0.2) is 4.29 Å². The van der Waals surface area contributed by atoms with E-state index in [0.29, 0.717) is 17.1 Å². The van der Waals surface area contributed by atoms with E-state index in [1.807, 2.05) is 36.4 Å². The lowest BCUT2D eigenvalue weighted by Crippen LogP contribution is -2.30. The van der Waals surface area contributed by atoms with Crippen LogP contribution in [0.2, 0.25) is 0 Å². The number of rotatable bonds is 9. The van der Waals surface area contributed by atoms with E-state index < -0.39 is 12.2 Å². The standard InChI is InChI=1S/C22H21ClN4O3/c1-15(26-20-7-3-2-6-19(20)24)17-8-10-18(11-9-17)27-21(28)22(30-23)29-14-16-5-4-12-25-13-16/h2-13,22,26H,1,14,24H2,(H,27,28). The fourth-order valence-electron chi connectivity index (χ4n) is 2.60. The molecule has 0 bridgehead atoms. The van der Waals surface area contributed by atoms with Crippen molar-refractivity contribution in [3.63, 3.8) is 0 Å². The van der Waals surface area contributed by atoms with Crippen molar-refractivity contribution in [2.24, 2.45) is 0 Å². The molecule has 3 rings (SSSR count). The number of amides is 1. The topological polar surface area (TPSA) is 98.5 Å². The molecule has 4 N–H and O–H groups in total. The van der Waals surface area contributed by atoms with Gasteiger partial charge in [-0.3, -0.25) is 9.78 Å². The number of nitrogens with two attached hydrogens (primary N) is 1. The molecule has 0 fully saturated rings. The molecule has 0 radical (unpaired) electrons. The summed E-state index contributed by atoms with van der Waals surface area (Å²) >= 11 is 5.42. The van der Waals surface area contributed by atoms with Gasteiger partial charge in [0.05, 0.1) is 29.8 Å². The van der Waals surface area contributed by atoms with E-state index >= 15 is 0 Å². The average Bonchev–Trinajstić information content (AvgIpc) is 2.77. The van der Waals surface area contributed by atoms with Gasteiger partial charge in [0.15, 0.2) is 0 Å². The minimum absolute atomic E-state index is 0.131. The van der Waals surface area contributed by atoms with Gasteiger partial charge in [0.25, 0.3) is 12.2 Å². The molecule has 0 aliphatic carbocycles. The lowest BCUT2D eigenvalue weighted by molar-refractivity contribution is -0.148. The van der Waals surface area contributed by atoms with Gasteiger partial charge in [-0.05, 0) is 41.5 Å². The Morgan fingerprint density at radius 2 is 1.87 bits per heavy atom. The number of nitrogen functional groups attached to an aromatic ring is 1. The smallest absolute Gasteiger partial charge is 0.282 e. The second-order valence-electron chi connectivity index (χ2n) is 6.35. The van der Waals surface area contributed by atoms with Crippen LogP contribution in [-0.4, -0.2) is 17.2 Å². The minimum atomic E-state index is -1.27. The highest BCUT2D eigenvalue weighted by Crippen LogP contribution is 2.23. The summed E-state index contributed by atoms with van der Waals surface area (Å²) in [6.45, 7) is 4.16. The van der Waals surface area contributed by atoms with Crippen molar-refractivity contribution in [2.45, 2.75) is 12.9 Å². The van der Waals surface area contributed by atoms with Crippen LogP contribution in [0.3, 0.4) is 0 Å². The summed E-state index contributed by atoms with van der Waals surface area (Å²) in [7, 11) is 0. The summed E-state index contributed by atoms with van der Waals surface area (Å²) in [6.07, 6.45) is 2.00. The zero-order valence-corrected chi connectivity index (χ0v) is 16.8. The van der Waals surface area contributed by atoms with E-state index in [9.17, 15) is 4.79 Å². The number of halogens is 1. The van der Waals surface area contributed by atoms with E-state index in [0.717, 1.165) is 16.8 Å². The zero-order chi connectivity index (χ0) is 21.3. The molecule has 1 atom stereocenters. The highest BCUT2D eigenvalue weighted by atomic mass is 35.5. The van der Waals surface area contributed by atoms with Crippen molar-refractivity contribution in [1.29, 1.82) is 0 Å². The van der Waals surface area contributed by atoms with Gasteiger partial charge in [-0.15, -0.1) is 0 Å². The molecule has 30 heavy (non-hydrogen) atoms. The summed E-state index contributed by atoms with van der Waals surface area (Å²) < 4.78 is 10.0. The van der Waals surface area contributed by atoms with Crippen molar-refractivity contribution in [2.75, 3.05) is 16.4 Å². The first-order valence-electron chi connectivity index (χ1n) is 9.06. The molecule has 0 aliphatic rings. The number of carbonyl (C=O) groups is 1. The quantitative estimate of drug-likeness (QED) is 0.348. The Labute approximate surface area is 179 Å². The molecule has 0 aliphatic heterocycles. The van der Waals surface area contributed by atoms with Gasteiger partial charge in [0.1, 0.15) is 0 Å². The first-order chi connectivity index (χ1) is 14.6. The van der Waals surface area contributed by atoms with Gasteiger partial charge >= 0.3 is 0 Å². The Balaban J connectivity index is 1.56. The second kappa shape index (κ2) is 10.4. The average molecular weight is 425 g/mol. The fourth-order valence-corrected chi connectivity index (χ4v) is 2.73. The summed E-state index contributed by atoms with van der Waals surface area (Å²) in [5, 5.41) is 5.87. The molecule has 0 spiro atoms. The summed E-state index contributed by atoms with van der Waals surface area (Å²) in [4.78, 5) is 16.3. The third-order valence-corrected chi connectivity index (χ3v) is 4.33. The molecule has 154 valence electrons. The fraction of sp³-hybridized carbons (Fsp3) is 0.0909. The van der Waals surface area contributed by atoms with Crippen molar-refractivity contribution < 1.29 is 13.8 Å². The van der Waals surface area contributed by atoms with Crippen LogP contribution in [0.25, 0.3) is 5.70 Å². The predicted octanol–water partition coefficient (Wildman–Crippen LogP) is 4.40. The van der Waals surface area contributed by atoms with Crippen LogP contribution in [-0.2, 0) is 20.4 Å². The molecule has 1 unspecified atom stereocenters. The highest BCUT2D eigenvalue weighted by Gasteiger charge is 2.20. The molecular weight excluding hydrogens is 404 g/mol. The van der Waals surface area contributed by atoms with Crippen LogP contribution in [0, 0.1) is 0 Å². The first-order valence-corrected chi connectivity index (χ1v) is 9.37. The second-order valence-corrected chi connectivity index (χ2v) is 6.53. The van der Waals surface area contributed by atoms with Crippen LogP contribution in [0.4, 0.5) is 17.1 Å². The molecule has 3 aromatic rings. The number of para-hydroxylation sites is 2. The van der Waals surface area contributed by atoms with Crippen LogP contribution >= 0.6 is 11.9 Å². The molecule has 1 aromatic heterocycles. The maximum absolute atomic E-state index is 12.4. The summed E-state index contributed by atoms with van der Waals surface area (Å²) in [5.41, 5.74) is 10.2. The molecule has 2 aromatic carbocycles. The summed E-state index contributed by atoms with van der Waals surface area (Å²) in [6, 6.07) is 18.1. The van der Waals surface area contributed by atoms with Gasteiger partial charge < -0.3 is 21.1 Å². The number of nitrogens with zero attached hydrogens (tertiary/aromatic N) is 1. The largest absolute Gasteiger partial charge is 0.397 e. The number of anilines is 3. The number of nitrogens with one attached hydrogen (secondary N) is 2. The number of benzene rings is 2. The molecule has 7 nitrogen and oxygen atoms in total. The number of carbonyl (C=O) groups excluding carboxylic acids is 1. The van der Waals surface area contributed by atoms with Gasteiger partial charge in [0, 0.05) is 23.8 Å². The number of ether oxygens (including phenoxy) is 1.